The van der Waals surface area contributed by atoms with Gasteiger partial charge in [0.1, 0.15) is 0 Å². The van der Waals surface area contributed by atoms with Crippen molar-refractivity contribution >= 4 is 17.6 Å². The third-order valence-corrected chi connectivity index (χ3v) is 3.34. The van der Waals surface area contributed by atoms with Gasteiger partial charge in [0.15, 0.2) is 0 Å². The number of carboxylic acid groups (broad SMARTS) is 1. The Hall–Kier alpha value is -0.960. The van der Waals surface area contributed by atoms with Gasteiger partial charge in [0.05, 0.1) is 5.92 Å². The van der Waals surface area contributed by atoms with E-state index in [0.29, 0.717) is 6.54 Å². The molecule has 2 aliphatic rings. The molecule has 1 fully saturated rings. The fourth-order valence-electron chi connectivity index (χ4n) is 2.09. The van der Waals surface area contributed by atoms with Gasteiger partial charge in [-0.2, -0.15) is 0 Å². The molecule has 0 bridgehead atoms. The van der Waals surface area contributed by atoms with Crippen molar-refractivity contribution in [1.82, 2.24) is 4.90 Å². The highest BCUT2D eigenvalue weighted by Crippen LogP contribution is 2.28. The van der Waals surface area contributed by atoms with E-state index in [1.54, 1.807) is 0 Å². The molecule has 0 aromatic heterocycles. The number of hydrogen-bond donors (Lipinski definition) is 1. The van der Waals surface area contributed by atoms with Crippen LogP contribution in [0.1, 0.15) is 19.3 Å². The summed E-state index contributed by atoms with van der Waals surface area (Å²) in [6.45, 7) is 1.50. The molecule has 2 rings (SSSR count). The summed E-state index contributed by atoms with van der Waals surface area (Å²) < 4.78 is 0. The number of aliphatic carboxylic acids is 1. The van der Waals surface area contributed by atoms with Crippen LogP contribution < -0.4 is 0 Å². The lowest BCUT2D eigenvalue weighted by Crippen LogP contribution is -2.23. The van der Waals surface area contributed by atoms with E-state index in [9.17, 15) is 4.79 Å². The van der Waals surface area contributed by atoms with Gasteiger partial charge in [-0.25, -0.2) is 0 Å². The van der Waals surface area contributed by atoms with Crippen LogP contribution in [0.15, 0.2) is 22.9 Å². The molecule has 1 saturated heterocycles. The van der Waals surface area contributed by atoms with Crippen molar-refractivity contribution in [3.05, 3.63) is 22.9 Å². The highest BCUT2D eigenvalue weighted by molar-refractivity contribution is 6.29. The Morgan fingerprint density at radius 3 is 2.80 bits per heavy atom. The lowest BCUT2D eigenvalue weighted by atomic mass is 10.1. The molecule has 82 valence electrons. The zero-order valence-electron chi connectivity index (χ0n) is 8.45. The summed E-state index contributed by atoms with van der Waals surface area (Å²) in [5.74, 6) is -0.880. The second-order valence-corrected chi connectivity index (χ2v) is 4.53. The Labute approximate surface area is 94.0 Å². The lowest BCUT2D eigenvalue weighted by molar-refractivity contribution is -0.141. The Morgan fingerprint density at radius 1 is 1.47 bits per heavy atom. The van der Waals surface area contributed by atoms with E-state index in [2.05, 4.69) is 4.90 Å². The van der Waals surface area contributed by atoms with Crippen LogP contribution in [-0.4, -0.2) is 29.1 Å². The Kier molecular flexibility index (Phi) is 3.00. The van der Waals surface area contributed by atoms with Crippen molar-refractivity contribution in [2.24, 2.45) is 5.92 Å². The fraction of sp³-hybridized carbons (Fsp3) is 0.545. The maximum Gasteiger partial charge on any atom is 0.308 e. The minimum absolute atomic E-state index is 0.202. The summed E-state index contributed by atoms with van der Waals surface area (Å²) in [5.41, 5.74) is 1.23. The zero-order chi connectivity index (χ0) is 10.8. The first kappa shape index (κ1) is 10.6. The lowest BCUT2D eigenvalue weighted by Gasteiger charge is -2.23. The molecule has 1 unspecified atom stereocenters. The number of allylic oxidation sites excluding steroid dienone is 4. The first-order valence-electron chi connectivity index (χ1n) is 5.20. The molecule has 1 N–H and O–H groups in total. The summed E-state index contributed by atoms with van der Waals surface area (Å²) in [5, 5.41) is 9.77. The molecule has 0 aromatic carbocycles. The van der Waals surface area contributed by atoms with Gasteiger partial charge in [-0.05, 0) is 31.4 Å². The van der Waals surface area contributed by atoms with E-state index < -0.39 is 5.97 Å². The molecule has 0 saturated carbocycles. The van der Waals surface area contributed by atoms with Crippen LogP contribution in [0.25, 0.3) is 0 Å². The minimum Gasteiger partial charge on any atom is -0.481 e. The maximum absolute atomic E-state index is 10.8. The van der Waals surface area contributed by atoms with E-state index >= 15 is 0 Å². The molecule has 4 heteroatoms. The van der Waals surface area contributed by atoms with Crippen LogP contribution in [0.5, 0.6) is 0 Å². The van der Waals surface area contributed by atoms with Crippen molar-refractivity contribution in [2.75, 3.05) is 13.1 Å². The monoisotopic (exact) mass is 227 g/mol. The average molecular weight is 228 g/mol. The Bertz CT molecular complexity index is 335. The van der Waals surface area contributed by atoms with E-state index in [-0.39, 0.29) is 5.92 Å². The number of carbonyl (C=O) groups is 1. The fourth-order valence-corrected chi connectivity index (χ4v) is 2.24. The van der Waals surface area contributed by atoms with Crippen LogP contribution in [-0.2, 0) is 4.79 Å². The zero-order valence-corrected chi connectivity index (χ0v) is 9.20. The smallest absolute Gasteiger partial charge is 0.308 e. The Morgan fingerprint density at radius 2 is 2.27 bits per heavy atom. The first-order chi connectivity index (χ1) is 7.16. The number of halogens is 1. The summed E-state index contributed by atoms with van der Waals surface area (Å²) in [7, 11) is 0. The van der Waals surface area contributed by atoms with Gasteiger partial charge in [-0.3, -0.25) is 4.79 Å². The average Bonchev–Trinajstić information content (AvgIpc) is 2.68. The van der Waals surface area contributed by atoms with Crippen LogP contribution >= 0.6 is 11.6 Å². The summed E-state index contributed by atoms with van der Waals surface area (Å²) in [4.78, 5) is 13.0. The normalized spacial score (nSPS) is 26.2. The van der Waals surface area contributed by atoms with E-state index in [0.717, 1.165) is 30.8 Å². The van der Waals surface area contributed by atoms with Gasteiger partial charge < -0.3 is 10.0 Å². The second kappa shape index (κ2) is 4.27. The van der Waals surface area contributed by atoms with E-state index in [4.69, 9.17) is 16.7 Å². The first-order valence-corrected chi connectivity index (χ1v) is 5.57. The molecule has 1 heterocycles. The van der Waals surface area contributed by atoms with Gasteiger partial charge >= 0.3 is 5.97 Å². The van der Waals surface area contributed by atoms with Crippen molar-refractivity contribution in [3.8, 4) is 0 Å². The quantitative estimate of drug-likeness (QED) is 0.786. The van der Waals surface area contributed by atoms with Gasteiger partial charge in [-0.15, -0.1) is 0 Å². The molecule has 0 amide bonds. The van der Waals surface area contributed by atoms with Crippen LogP contribution in [0.3, 0.4) is 0 Å². The van der Waals surface area contributed by atoms with Crippen molar-refractivity contribution in [3.63, 3.8) is 0 Å². The molecule has 0 radical (unpaired) electrons. The third kappa shape index (κ3) is 2.34. The third-order valence-electron chi connectivity index (χ3n) is 3.02. The van der Waals surface area contributed by atoms with Gasteiger partial charge in [0, 0.05) is 23.8 Å². The van der Waals surface area contributed by atoms with E-state index in [1.807, 2.05) is 12.2 Å². The molecule has 1 aliphatic heterocycles. The summed E-state index contributed by atoms with van der Waals surface area (Å²) in [6, 6.07) is 0. The molecule has 15 heavy (non-hydrogen) atoms. The van der Waals surface area contributed by atoms with Gasteiger partial charge in [0.25, 0.3) is 0 Å². The highest BCUT2D eigenvalue weighted by atomic mass is 35.5. The SMILES string of the molecule is O=C(O)C1CCN(C2=CC=C(Cl)CC2)C1. The number of rotatable bonds is 2. The molecular weight excluding hydrogens is 214 g/mol. The number of nitrogens with zero attached hydrogens (tertiary/aromatic N) is 1. The van der Waals surface area contributed by atoms with Crippen molar-refractivity contribution in [1.29, 1.82) is 0 Å². The Balaban J connectivity index is 1.99. The molecule has 1 atom stereocenters. The predicted octanol–water partition coefficient (Wildman–Crippen LogP) is 2.19. The highest BCUT2D eigenvalue weighted by Gasteiger charge is 2.29. The molecule has 0 spiro atoms. The van der Waals surface area contributed by atoms with Gasteiger partial charge in [0.2, 0.25) is 0 Å². The largest absolute Gasteiger partial charge is 0.481 e. The topological polar surface area (TPSA) is 40.5 Å². The molecule has 1 aliphatic carbocycles. The van der Waals surface area contributed by atoms with Gasteiger partial charge in [-0.1, -0.05) is 11.6 Å². The summed E-state index contributed by atoms with van der Waals surface area (Å²) >= 11 is 5.87. The van der Waals surface area contributed by atoms with Crippen LogP contribution in [0.4, 0.5) is 0 Å². The van der Waals surface area contributed by atoms with Crippen molar-refractivity contribution < 1.29 is 9.90 Å². The second-order valence-electron chi connectivity index (χ2n) is 4.04. The minimum atomic E-state index is -0.678. The molecular formula is C11H14ClNO2. The van der Waals surface area contributed by atoms with Crippen LogP contribution in [0, 0.1) is 5.92 Å². The number of carboxylic acids is 1. The predicted molar refractivity (Wildman–Crippen MR) is 58.6 cm³/mol. The van der Waals surface area contributed by atoms with Crippen LogP contribution in [0.2, 0.25) is 0 Å². The van der Waals surface area contributed by atoms with Crippen molar-refractivity contribution in [2.45, 2.75) is 19.3 Å². The number of hydrogen-bond acceptors (Lipinski definition) is 2. The summed E-state index contributed by atoms with van der Waals surface area (Å²) in [6.07, 6.45) is 6.48. The van der Waals surface area contributed by atoms with E-state index in [1.165, 1.54) is 5.70 Å². The molecule has 3 nitrogen and oxygen atoms in total. The maximum atomic E-state index is 10.8. The molecule has 0 aromatic rings. The standard InChI is InChI=1S/C11H14ClNO2/c12-9-1-3-10(4-2-9)13-6-5-8(7-13)11(14)15/h1,3,8H,2,4-7H2,(H,14,15). The number of likely N-dealkylation sites (tertiary alicyclic amines) is 1.